The van der Waals surface area contributed by atoms with Gasteiger partial charge in [0.25, 0.3) is 0 Å². The Balaban J connectivity index is 1.99. The van der Waals surface area contributed by atoms with E-state index in [0.29, 0.717) is 26.0 Å². The lowest BCUT2D eigenvalue weighted by Crippen LogP contribution is -2.35. The zero-order valence-corrected chi connectivity index (χ0v) is 16.0. The number of likely N-dealkylation sites (tertiary alicyclic amines) is 1. The molecule has 0 radical (unpaired) electrons. The molecule has 3 N–H and O–H groups in total. The van der Waals surface area contributed by atoms with Crippen LogP contribution in [-0.4, -0.2) is 61.4 Å². The van der Waals surface area contributed by atoms with Gasteiger partial charge in [0.2, 0.25) is 0 Å². The van der Waals surface area contributed by atoms with E-state index in [1.165, 1.54) is 25.9 Å². The minimum Gasteiger partial charge on any atom is -0.465 e. The van der Waals surface area contributed by atoms with Crippen LogP contribution in [0.4, 0.5) is 4.79 Å². The molecule has 25 heavy (non-hydrogen) atoms. The average molecular weight is 357 g/mol. The van der Waals surface area contributed by atoms with Crippen molar-refractivity contribution in [1.82, 2.24) is 10.2 Å². The molecule has 0 aliphatic carbocycles. The number of amides is 1. The summed E-state index contributed by atoms with van der Waals surface area (Å²) in [5.74, 6) is -0.363. The van der Waals surface area contributed by atoms with Crippen LogP contribution < -0.4 is 11.1 Å². The molecule has 0 aromatic carbocycles. The third-order valence-corrected chi connectivity index (χ3v) is 3.97. The van der Waals surface area contributed by atoms with E-state index in [9.17, 15) is 9.59 Å². The van der Waals surface area contributed by atoms with Crippen molar-refractivity contribution in [3.05, 3.63) is 0 Å². The number of unbranched alkanes of at least 4 members (excludes halogenated alkanes) is 1. The van der Waals surface area contributed by atoms with E-state index in [2.05, 4.69) is 10.2 Å². The van der Waals surface area contributed by atoms with Crippen molar-refractivity contribution >= 4 is 12.1 Å². The Kier molecular flexibility index (Phi) is 9.82. The van der Waals surface area contributed by atoms with Crippen molar-refractivity contribution in [3.8, 4) is 0 Å². The van der Waals surface area contributed by atoms with Crippen molar-refractivity contribution in [3.63, 3.8) is 0 Å². The van der Waals surface area contributed by atoms with Crippen molar-refractivity contribution in [1.29, 1.82) is 0 Å². The normalized spacial score (nSPS) is 16.5. The van der Waals surface area contributed by atoms with Crippen LogP contribution in [0.1, 0.15) is 59.3 Å². The largest absolute Gasteiger partial charge is 0.465 e. The Morgan fingerprint density at radius 2 is 1.84 bits per heavy atom. The molecule has 0 bridgehead atoms. The summed E-state index contributed by atoms with van der Waals surface area (Å²) in [4.78, 5) is 25.7. The summed E-state index contributed by atoms with van der Waals surface area (Å²) >= 11 is 0. The zero-order valence-electron chi connectivity index (χ0n) is 16.0. The van der Waals surface area contributed by atoms with Gasteiger partial charge in [-0.3, -0.25) is 4.79 Å². The molecule has 0 saturated carbocycles. The Hall–Kier alpha value is -1.34. The molecule has 0 aromatic heterocycles. The fraction of sp³-hybridized carbons (Fsp3) is 0.889. The molecular weight excluding hydrogens is 322 g/mol. The molecule has 1 aliphatic rings. The van der Waals surface area contributed by atoms with E-state index in [0.717, 1.165) is 19.4 Å². The molecule has 7 heteroatoms. The van der Waals surface area contributed by atoms with Gasteiger partial charge >= 0.3 is 12.1 Å². The molecule has 0 aromatic rings. The van der Waals surface area contributed by atoms with Crippen LogP contribution in [0.5, 0.6) is 0 Å². The molecule has 1 amide bonds. The summed E-state index contributed by atoms with van der Waals surface area (Å²) < 4.78 is 10.3. The number of hydrogen-bond donors (Lipinski definition) is 2. The van der Waals surface area contributed by atoms with E-state index < -0.39 is 17.7 Å². The molecule has 1 heterocycles. The first-order valence-corrected chi connectivity index (χ1v) is 9.39. The van der Waals surface area contributed by atoms with Crippen molar-refractivity contribution in [2.75, 3.05) is 32.8 Å². The van der Waals surface area contributed by atoms with Crippen LogP contribution in [0.15, 0.2) is 0 Å². The highest BCUT2D eigenvalue weighted by molar-refractivity contribution is 5.75. The Labute approximate surface area is 151 Å². The lowest BCUT2D eigenvalue weighted by atomic mass is 10.1. The van der Waals surface area contributed by atoms with E-state index in [1.807, 2.05) is 20.8 Å². The number of alkyl carbamates (subject to hydrolysis) is 1. The number of ether oxygens (including phenoxy) is 2. The second-order valence-corrected chi connectivity index (χ2v) is 7.60. The summed E-state index contributed by atoms with van der Waals surface area (Å²) in [5, 5.41) is 2.65. The van der Waals surface area contributed by atoms with Crippen LogP contribution in [0.2, 0.25) is 0 Å². The first-order chi connectivity index (χ1) is 11.8. The molecule has 1 unspecified atom stereocenters. The molecular formula is C18H35N3O4. The molecule has 1 aliphatic heterocycles. The minimum atomic E-state index is -0.640. The SMILES string of the molecule is CC(C)(C)OC(=O)NCCCC(N)C(=O)OCCCCN1CCCC1. The van der Waals surface area contributed by atoms with Gasteiger partial charge in [-0.25, -0.2) is 4.79 Å². The van der Waals surface area contributed by atoms with Crippen LogP contribution in [0, 0.1) is 0 Å². The van der Waals surface area contributed by atoms with Gasteiger partial charge in [0.15, 0.2) is 0 Å². The van der Waals surface area contributed by atoms with Gasteiger partial charge in [0.05, 0.1) is 6.61 Å². The predicted octanol–water partition coefficient (Wildman–Crippen LogP) is 2.04. The highest BCUT2D eigenvalue weighted by Crippen LogP contribution is 2.08. The van der Waals surface area contributed by atoms with Gasteiger partial charge in [0.1, 0.15) is 11.6 Å². The van der Waals surface area contributed by atoms with Crippen molar-refractivity contribution in [2.45, 2.75) is 70.9 Å². The van der Waals surface area contributed by atoms with Gasteiger partial charge in [-0.1, -0.05) is 0 Å². The molecule has 1 fully saturated rings. The lowest BCUT2D eigenvalue weighted by Gasteiger charge is -2.19. The fourth-order valence-electron chi connectivity index (χ4n) is 2.67. The average Bonchev–Trinajstić information content (AvgIpc) is 3.02. The van der Waals surface area contributed by atoms with Crippen molar-refractivity contribution in [2.24, 2.45) is 5.73 Å². The van der Waals surface area contributed by atoms with Gasteiger partial charge in [-0.2, -0.15) is 0 Å². The molecule has 146 valence electrons. The van der Waals surface area contributed by atoms with Gasteiger partial charge in [-0.15, -0.1) is 0 Å². The fourth-order valence-corrected chi connectivity index (χ4v) is 2.67. The molecule has 1 saturated heterocycles. The van der Waals surface area contributed by atoms with Crippen LogP contribution in [-0.2, 0) is 14.3 Å². The minimum absolute atomic E-state index is 0.363. The summed E-state index contributed by atoms with van der Waals surface area (Å²) in [6.07, 6.45) is 5.13. The summed E-state index contributed by atoms with van der Waals surface area (Å²) in [6, 6.07) is -0.640. The standard InChI is InChI=1S/C18H35N3O4/c1-18(2,3)25-17(23)20-10-8-9-15(19)16(22)24-14-7-6-13-21-11-4-5-12-21/h15H,4-14,19H2,1-3H3,(H,20,23). The predicted molar refractivity (Wildman–Crippen MR) is 97.3 cm³/mol. The number of esters is 1. The zero-order chi connectivity index (χ0) is 18.7. The van der Waals surface area contributed by atoms with Crippen LogP contribution >= 0.6 is 0 Å². The van der Waals surface area contributed by atoms with E-state index >= 15 is 0 Å². The number of nitrogens with one attached hydrogen (secondary N) is 1. The topological polar surface area (TPSA) is 93.9 Å². The Bertz CT molecular complexity index is 404. The highest BCUT2D eigenvalue weighted by atomic mass is 16.6. The number of carbonyl (C=O) groups excluding carboxylic acids is 2. The number of carbonyl (C=O) groups is 2. The van der Waals surface area contributed by atoms with Crippen LogP contribution in [0.3, 0.4) is 0 Å². The first kappa shape index (κ1) is 21.7. The van der Waals surface area contributed by atoms with Crippen molar-refractivity contribution < 1.29 is 19.1 Å². The first-order valence-electron chi connectivity index (χ1n) is 9.39. The Morgan fingerprint density at radius 1 is 1.16 bits per heavy atom. The number of hydrogen-bond acceptors (Lipinski definition) is 6. The monoisotopic (exact) mass is 357 g/mol. The van der Waals surface area contributed by atoms with Gasteiger partial charge in [-0.05, 0) is 78.9 Å². The summed E-state index contributed by atoms with van der Waals surface area (Å²) in [5.41, 5.74) is 5.31. The third kappa shape index (κ3) is 11.0. The number of nitrogens with zero attached hydrogens (tertiary/aromatic N) is 1. The number of nitrogens with two attached hydrogens (primary N) is 1. The summed E-state index contributed by atoms with van der Waals surface area (Å²) in [6.45, 7) is 9.75. The quantitative estimate of drug-likeness (QED) is 0.459. The maximum Gasteiger partial charge on any atom is 0.407 e. The van der Waals surface area contributed by atoms with E-state index in [-0.39, 0.29) is 5.97 Å². The molecule has 1 rings (SSSR count). The molecule has 7 nitrogen and oxygen atoms in total. The number of rotatable bonds is 10. The third-order valence-electron chi connectivity index (χ3n) is 3.97. The second-order valence-electron chi connectivity index (χ2n) is 7.60. The smallest absolute Gasteiger partial charge is 0.407 e. The summed E-state index contributed by atoms with van der Waals surface area (Å²) in [7, 11) is 0. The van der Waals surface area contributed by atoms with E-state index in [4.69, 9.17) is 15.2 Å². The van der Waals surface area contributed by atoms with E-state index in [1.54, 1.807) is 0 Å². The van der Waals surface area contributed by atoms with Gasteiger partial charge in [0, 0.05) is 6.54 Å². The second kappa shape index (κ2) is 11.3. The van der Waals surface area contributed by atoms with Crippen LogP contribution in [0.25, 0.3) is 0 Å². The maximum absolute atomic E-state index is 11.8. The highest BCUT2D eigenvalue weighted by Gasteiger charge is 2.17. The molecule has 0 spiro atoms. The lowest BCUT2D eigenvalue weighted by molar-refractivity contribution is -0.145. The maximum atomic E-state index is 11.8. The Morgan fingerprint density at radius 3 is 2.48 bits per heavy atom. The molecule has 1 atom stereocenters. The van der Waals surface area contributed by atoms with Gasteiger partial charge < -0.3 is 25.4 Å².